The largest absolute Gasteiger partial charge is 0.465 e. The highest BCUT2D eigenvalue weighted by atomic mass is 32.2. The Kier molecular flexibility index (Phi) is 2.67. The molecule has 0 atom stereocenters. The fraction of sp³-hybridized carbons (Fsp3) is 0.417. The van der Waals surface area contributed by atoms with Gasteiger partial charge in [0.1, 0.15) is 22.7 Å². The van der Waals surface area contributed by atoms with E-state index < -0.39 is 10.0 Å². The molecule has 0 spiro atoms. The second-order valence-electron chi connectivity index (χ2n) is 4.78. The van der Waals surface area contributed by atoms with Gasteiger partial charge in [0.05, 0.1) is 0 Å². The van der Waals surface area contributed by atoms with Crippen molar-refractivity contribution in [2.24, 2.45) is 0 Å². The highest BCUT2D eigenvalue weighted by molar-refractivity contribution is 7.92. The monoisotopic (exact) mass is 282 g/mol. The lowest BCUT2D eigenvalue weighted by Gasteiger charge is -2.05. The molecule has 1 saturated carbocycles. The van der Waals surface area contributed by atoms with E-state index in [0.29, 0.717) is 17.4 Å². The normalized spacial score (nSPS) is 15.7. The topological polar surface area (TPSA) is 85.3 Å². The fourth-order valence-electron chi connectivity index (χ4n) is 2.06. The Balaban J connectivity index is 1.93. The zero-order valence-corrected chi connectivity index (χ0v) is 11.5. The lowest BCUT2D eigenvalue weighted by Crippen LogP contribution is -2.14. The Morgan fingerprint density at radius 3 is 2.68 bits per heavy atom. The van der Waals surface area contributed by atoms with Gasteiger partial charge in [0.15, 0.2) is 5.82 Å². The van der Waals surface area contributed by atoms with Crippen LogP contribution < -0.4 is 4.72 Å². The summed E-state index contributed by atoms with van der Waals surface area (Å²) in [5.41, 5.74) is 0.821. The number of nitrogens with one attached hydrogen (secondary N) is 1. The van der Waals surface area contributed by atoms with Crippen molar-refractivity contribution in [3.63, 3.8) is 0 Å². The van der Waals surface area contributed by atoms with Gasteiger partial charge in [-0.25, -0.2) is 8.42 Å². The van der Waals surface area contributed by atoms with Crippen LogP contribution in [-0.2, 0) is 10.0 Å². The number of anilines is 1. The van der Waals surface area contributed by atoms with Crippen molar-refractivity contribution in [2.45, 2.75) is 37.5 Å². The summed E-state index contributed by atoms with van der Waals surface area (Å²) in [7, 11) is -3.69. The van der Waals surface area contributed by atoms with Crippen LogP contribution in [0.5, 0.6) is 0 Å². The van der Waals surface area contributed by atoms with Crippen LogP contribution in [0.1, 0.15) is 35.8 Å². The number of hydrogen-bond donors (Lipinski definition) is 1. The number of rotatable bonds is 4. The van der Waals surface area contributed by atoms with Gasteiger partial charge in [-0.15, -0.1) is 0 Å². The molecule has 1 aliphatic rings. The summed E-state index contributed by atoms with van der Waals surface area (Å²) in [5, 5.41) is 3.73. The molecular formula is C12H14N2O4S. The molecule has 0 amide bonds. The third kappa shape index (κ3) is 2.25. The molecule has 1 fully saturated rings. The molecule has 0 unspecified atom stereocenters. The quantitative estimate of drug-likeness (QED) is 0.931. The number of furan rings is 1. The van der Waals surface area contributed by atoms with Crippen LogP contribution in [0.3, 0.4) is 0 Å². The fourth-order valence-corrected chi connectivity index (χ4v) is 3.32. The molecule has 0 aromatic carbocycles. The van der Waals surface area contributed by atoms with Crippen molar-refractivity contribution in [1.29, 1.82) is 0 Å². The molecule has 0 saturated heterocycles. The van der Waals surface area contributed by atoms with E-state index in [9.17, 15) is 8.42 Å². The standard InChI is InChI=1S/C12H14N2O4S/c1-7-5-11(8(2)18-7)19(15,16)14-12-10(6-17-13-12)9-3-4-9/h5-6,9H,3-4H2,1-2H3,(H,13,14). The lowest BCUT2D eigenvalue weighted by molar-refractivity contribution is 0.422. The summed E-state index contributed by atoms with van der Waals surface area (Å²) in [6.07, 6.45) is 3.59. The molecule has 0 aliphatic heterocycles. The van der Waals surface area contributed by atoms with Gasteiger partial charge in [0, 0.05) is 11.6 Å². The zero-order valence-electron chi connectivity index (χ0n) is 10.6. The molecule has 19 heavy (non-hydrogen) atoms. The lowest BCUT2D eigenvalue weighted by atomic mass is 10.2. The Hall–Kier alpha value is -1.76. The van der Waals surface area contributed by atoms with E-state index in [1.165, 1.54) is 12.3 Å². The minimum atomic E-state index is -3.69. The number of nitrogens with zero attached hydrogens (tertiary/aromatic N) is 1. The Morgan fingerprint density at radius 2 is 2.11 bits per heavy atom. The smallest absolute Gasteiger partial charge is 0.266 e. The van der Waals surface area contributed by atoms with Crippen LogP contribution >= 0.6 is 0 Å². The van der Waals surface area contributed by atoms with Gasteiger partial charge in [-0.05, 0) is 32.6 Å². The second-order valence-corrected chi connectivity index (χ2v) is 6.43. The van der Waals surface area contributed by atoms with E-state index in [0.717, 1.165) is 18.4 Å². The third-order valence-electron chi connectivity index (χ3n) is 3.13. The first-order valence-corrected chi connectivity index (χ1v) is 7.50. The Bertz CT molecular complexity index is 710. The Labute approximate surface area is 110 Å². The Morgan fingerprint density at radius 1 is 1.37 bits per heavy atom. The molecule has 1 N–H and O–H groups in total. The van der Waals surface area contributed by atoms with E-state index in [1.54, 1.807) is 13.8 Å². The highest BCUT2D eigenvalue weighted by Gasteiger charge is 2.31. The van der Waals surface area contributed by atoms with Crippen molar-refractivity contribution in [1.82, 2.24) is 5.16 Å². The van der Waals surface area contributed by atoms with Gasteiger partial charge in [-0.1, -0.05) is 5.16 Å². The first kappa shape index (κ1) is 12.3. The van der Waals surface area contributed by atoms with Gasteiger partial charge >= 0.3 is 0 Å². The number of aromatic nitrogens is 1. The molecule has 3 rings (SSSR count). The van der Waals surface area contributed by atoms with E-state index in [-0.39, 0.29) is 10.7 Å². The van der Waals surface area contributed by atoms with Gasteiger partial charge in [0.2, 0.25) is 0 Å². The average molecular weight is 282 g/mol. The summed E-state index contributed by atoms with van der Waals surface area (Å²) in [6.45, 7) is 3.32. The van der Waals surface area contributed by atoms with E-state index >= 15 is 0 Å². The summed E-state index contributed by atoms with van der Waals surface area (Å²) in [6, 6.07) is 1.49. The maximum atomic E-state index is 12.3. The molecule has 6 nitrogen and oxygen atoms in total. The minimum Gasteiger partial charge on any atom is -0.465 e. The molecule has 7 heteroatoms. The maximum absolute atomic E-state index is 12.3. The molecule has 1 aliphatic carbocycles. The predicted octanol–water partition coefficient (Wildman–Crippen LogP) is 2.56. The first-order valence-electron chi connectivity index (χ1n) is 6.01. The first-order chi connectivity index (χ1) is 8.97. The van der Waals surface area contributed by atoms with Gasteiger partial charge < -0.3 is 8.94 Å². The number of aryl methyl sites for hydroxylation is 2. The van der Waals surface area contributed by atoms with Crippen LogP contribution in [-0.4, -0.2) is 13.6 Å². The van der Waals surface area contributed by atoms with E-state index in [1.807, 2.05) is 0 Å². The van der Waals surface area contributed by atoms with Crippen molar-refractivity contribution in [3.8, 4) is 0 Å². The average Bonchev–Trinajstić information content (AvgIpc) is 2.97. The number of hydrogen-bond acceptors (Lipinski definition) is 5. The minimum absolute atomic E-state index is 0.134. The van der Waals surface area contributed by atoms with E-state index in [2.05, 4.69) is 9.88 Å². The summed E-state index contributed by atoms with van der Waals surface area (Å²) in [4.78, 5) is 0.134. The van der Waals surface area contributed by atoms with Crippen molar-refractivity contribution in [2.75, 3.05) is 4.72 Å². The van der Waals surface area contributed by atoms with Crippen LogP contribution in [0.25, 0.3) is 0 Å². The summed E-state index contributed by atoms with van der Waals surface area (Å²) >= 11 is 0. The SMILES string of the molecule is Cc1cc(S(=O)(=O)Nc2nocc2C2CC2)c(C)o1. The summed E-state index contributed by atoms with van der Waals surface area (Å²) < 4.78 is 37.1. The summed E-state index contributed by atoms with van der Waals surface area (Å²) in [5.74, 6) is 1.55. The second kappa shape index (κ2) is 4.12. The van der Waals surface area contributed by atoms with Crippen molar-refractivity contribution in [3.05, 3.63) is 29.4 Å². The van der Waals surface area contributed by atoms with Crippen LogP contribution in [0, 0.1) is 13.8 Å². The zero-order chi connectivity index (χ0) is 13.6. The number of sulfonamides is 1. The van der Waals surface area contributed by atoms with Crippen molar-refractivity contribution >= 4 is 15.8 Å². The van der Waals surface area contributed by atoms with Crippen LogP contribution in [0.4, 0.5) is 5.82 Å². The van der Waals surface area contributed by atoms with Gasteiger partial charge in [-0.3, -0.25) is 4.72 Å². The van der Waals surface area contributed by atoms with E-state index in [4.69, 9.17) is 8.94 Å². The molecule has 2 aromatic rings. The van der Waals surface area contributed by atoms with Gasteiger partial charge in [-0.2, -0.15) is 0 Å². The molecule has 102 valence electrons. The molecular weight excluding hydrogens is 268 g/mol. The molecule has 0 bridgehead atoms. The third-order valence-corrected chi connectivity index (χ3v) is 4.58. The molecule has 0 radical (unpaired) electrons. The molecule has 2 heterocycles. The maximum Gasteiger partial charge on any atom is 0.266 e. The van der Waals surface area contributed by atoms with Crippen molar-refractivity contribution < 1.29 is 17.4 Å². The van der Waals surface area contributed by atoms with Crippen LogP contribution in [0.15, 0.2) is 26.2 Å². The van der Waals surface area contributed by atoms with Crippen LogP contribution in [0.2, 0.25) is 0 Å². The van der Waals surface area contributed by atoms with Gasteiger partial charge in [0.25, 0.3) is 10.0 Å². The highest BCUT2D eigenvalue weighted by Crippen LogP contribution is 2.43. The predicted molar refractivity (Wildman–Crippen MR) is 67.5 cm³/mol. The molecule has 2 aromatic heterocycles.